The normalized spacial score (nSPS) is 12.8. The number of nitrogens with zero attached hydrogens (tertiary/aromatic N) is 2. The third kappa shape index (κ3) is 4.71. The summed E-state index contributed by atoms with van der Waals surface area (Å²) in [6.07, 6.45) is 0. The van der Waals surface area contributed by atoms with Gasteiger partial charge < -0.3 is 5.32 Å². The average Bonchev–Trinajstić information content (AvgIpc) is 2.91. The Bertz CT molecular complexity index is 510. The maximum absolute atomic E-state index is 4.56. The summed E-state index contributed by atoms with van der Waals surface area (Å²) in [6.45, 7) is 7.12. The molecule has 0 radical (unpaired) electrons. The molecule has 2 aromatic rings. The number of hydrogen-bond donors (Lipinski definition) is 1. The standard InChI is InChI=1S/C16H23N3S/c1-13-6-4-7-15(18-13)12-19(3)14(2)10-17-11-16-8-5-9-20-16/h4-9,14,17H,10-12H2,1-3H3. The number of nitrogens with one attached hydrogen (secondary N) is 1. The molecule has 0 bridgehead atoms. The number of pyridine rings is 1. The van der Waals surface area contributed by atoms with Gasteiger partial charge in [-0.25, -0.2) is 0 Å². The van der Waals surface area contributed by atoms with Gasteiger partial charge in [-0.05, 0) is 44.5 Å². The van der Waals surface area contributed by atoms with E-state index in [4.69, 9.17) is 0 Å². The van der Waals surface area contributed by atoms with Crippen LogP contribution in [0.2, 0.25) is 0 Å². The van der Waals surface area contributed by atoms with Crippen LogP contribution in [0.1, 0.15) is 23.2 Å². The average molecular weight is 289 g/mol. The van der Waals surface area contributed by atoms with Crippen molar-refractivity contribution in [2.24, 2.45) is 0 Å². The molecule has 2 rings (SSSR count). The highest BCUT2D eigenvalue weighted by Gasteiger charge is 2.10. The molecule has 0 saturated heterocycles. The van der Waals surface area contributed by atoms with E-state index in [0.29, 0.717) is 6.04 Å². The number of likely N-dealkylation sites (N-methyl/N-ethyl adjacent to an activating group) is 1. The Morgan fingerprint density at radius 3 is 2.85 bits per heavy atom. The van der Waals surface area contributed by atoms with Crippen molar-refractivity contribution in [3.8, 4) is 0 Å². The number of hydrogen-bond acceptors (Lipinski definition) is 4. The number of rotatable bonds is 7. The highest BCUT2D eigenvalue weighted by Crippen LogP contribution is 2.08. The van der Waals surface area contributed by atoms with Crippen LogP contribution in [0.4, 0.5) is 0 Å². The van der Waals surface area contributed by atoms with E-state index >= 15 is 0 Å². The minimum atomic E-state index is 0.484. The van der Waals surface area contributed by atoms with E-state index in [-0.39, 0.29) is 0 Å². The van der Waals surface area contributed by atoms with Gasteiger partial charge in [0.15, 0.2) is 0 Å². The third-order valence-corrected chi connectivity index (χ3v) is 4.31. The van der Waals surface area contributed by atoms with Crippen LogP contribution in [0.3, 0.4) is 0 Å². The fourth-order valence-corrected chi connectivity index (χ4v) is 2.75. The Hall–Kier alpha value is -1.23. The quantitative estimate of drug-likeness (QED) is 0.849. The van der Waals surface area contributed by atoms with Crippen molar-refractivity contribution < 1.29 is 0 Å². The lowest BCUT2D eigenvalue weighted by Gasteiger charge is -2.24. The van der Waals surface area contributed by atoms with Crippen molar-refractivity contribution in [2.45, 2.75) is 33.0 Å². The van der Waals surface area contributed by atoms with E-state index in [1.54, 1.807) is 11.3 Å². The van der Waals surface area contributed by atoms with Crippen molar-refractivity contribution in [3.05, 3.63) is 52.0 Å². The van der Waals surface area contributed by atoms with E-state index in [1.165, 1.54) is 4.88 Å². The first-order valence-electron chi connectivity index (χ1n) is 7.01. The number of aromatic nitrogens is 1. The van der Waals surface area contributed by atoms with E-state index in [2.05, 4.69) is 58.8 Å². The second-order valence-corrected chi connectivity index (χ2v) is 6.28. The van der Waals surface area contributed by atoms with Gasteiger partial charge in [0.1, 0.15) is 0 Å². The van der Waals surface area contributed by atoms with Crippen LogP contribution in [-0.4, -0.2) is 29.5 Å². The topological polar surface area (TPSA) is 28.2 Å². The van der Waals surface area contributed by atoms with Crippen LogP contribution >= 0.6 is 11.3 Å². The molecule has 2 heterocycles. The molecule has 0 aliphatic rings. The Kier molecular flexibility index (Phi) is 5.71. The van der Waals surface area contributed by atoms with Crippen LogP contribution in [-0.2, 0) is 13.1 Å². The first-order chi connectivity index (χ1) is 9.65. The molecule has 1 unspecified atom stereocenters. The van der Waals surface area contributed by atoms with Crippen LogP contribution in [0.15, 0.2) is 35.7 Å². The maximum Gasteiger partial charge on any atom is 0.0547 e. The molecule has 0 aromatic carbocycles. The molecule has 0 saturated carbocycles. The van der Waals surface area contributed by atoms with Crippen molar-refractivity contribution in [2.75, 3.05) is 13.6 Å². The predicted octanol–water partition coefficient (Wildman–Crippen LogP) is 3.06. The summed E-state index contributed by atoms with van der Waals surface area (Å²) in [7, 11) is 2.15. The SMILES string of the molecule is Cc1cccc(CN(C)C(C)CNCc2cccs2)n1. The van der Waals surface area contributed by atoms with Gasteiger partial charge in [0.05, 0.1) is 5.69 Å². The predicted molar refractivity (Wildman–Crippen MR) is 85.9 cm³/mol. The van der Waals surface area contributed by atoms with E-state index in [9.17, 15) is 0 Å². The van der Waals surface area contributed by atoms with Gasteiger partial charge in [0, 0.05) is 36.2 Å². The largest absolute Gasteiger partial charge is 0.310 e. The molecular formula is C16H23N3S. The summed E-state index contributed by atoms with van der Waals surface area (Å²) >= 11 is 1.80. The molecule has 0 fully saturated rings. The molecule has 1 atom stereocenters. The third-order valence-electron chi connectivity index (χ3n) is 3.43. The Labute approximate surface area is 125 Å². The lowest BCUT2D eigenvalue weighted by atomic mass is 10.2. The summed E-state index contributed by atoms with van der Waals surface area (Å²) in [6, 6.07) is 11.0. The van der Waals surface area contributed by atoms with Crippen LogP contribution in [0.25, 0.3) is 0 Å². The zero-order valence-corrected chi connectivity index (χ0v) is 13.3. The highest BCUT2D eigenvalue weighted by molar-refractivity contribution is 7.09. The fourth-order valence-electron chi connectivity index (χ4n) is 2.07. The second-order valence-electron chi connectivity index (χ2n) is 5.24. The van der Waals surface area contributed by atoms with Gasteiger partial charge in [-0.2, -0.15) is 0 Å². The van der Waals surface area contributed by atoms with Gasteiger partial charge in [0.25, 0.3) is 0 Å². The van der Waals surface area contributed by atoms with Gasteiger partial charge in [-0.1, -0.05) is 12.1 Å². The number of thiophene rings is 1. The summed E-state index contributed by atoms with van der Waals surface area (Å²) < 4.78 is 0. The molecule has 0 amide bonds. The summed E-state index contributed by atoms with van der Waals surface area (Å²) in [4.78, 5) is 8.28. The van der Waals surface area contributed by atoms with Crippen molar-refractivity contribution in [1.82, 2.24) is 15.2 Å². The fraction of sp³-hybridized carbons (Fsp3) is 0.438. The van der Waals surface area contributed by atoms with Crippen molar-refractivity contribution in [1.29, 1.82) is 0 Å². The van der Waals surface area contributed by atoms with Gasteiger partial charge in [-0.15, -0.1) is 11.3 Å². The Morgan fingerprint density at radius 1 is 1.30 bits per heavy atom. The molecule has 3 nitrogen and oxygen atoms in total. The van der Waals surface area contributed by atoms with E-state index < -0.39 is 0 Å². The molecule has 0 aliphatic carbocycles. The molecule has 2 aromatic heterocycles. The molecule has 1 N–H and O–H groups in total. The Balaban J connectivity index is 1.75. The minimum Gasteiger partial charge on any atom is -0.310 e. The Morgan fingerprint density at radius 2 is 2.15 bits per heavy atom. The first kappa shape index (κ1) is 15.2. The summed E-state index contributed by atoms with van der Waals surface area (Å²) in [5.41, 5.74) is 2.22. The van der Waals surface area contributed by atoms with E-state index in [0.717, 1.165) is 31.0 Å². The van der Waals surface area contributed by atoms with E-state index in [1.807, 2.05) is 13.0 Å². The minimum absolute atomic E-state index is 0.484. The zero-order valence-electron chi connectivity index (χ0n) is 12.5. The zero-order chi connectivity index (χ0) is 14.4. The maximum atomic E-state index is 4.56. The van der Waals surface area contributed by atoms with Crippen molar-refractivity contribution >= 4 is 11.3 Å². The summed E-state index contributed by atoms with van der Waals surface area (Å²) in [5.74, 6) is 0. The van der Waals surface area contributed by atoms with Gasteiger partial charge >= 0.3 is 0 Å². The molecule has 4 heteroatoms. The second kappa shape index (κ2) is 7.53. The molecule has 20 heavy (non-hydrogen) atoms. The lowest BCUT2D eigenvalue weighted by molar-refractivity contribution is 0.240. The van der Waals surface area contributed by atoms with Crippen molar-refractivity contribution in [3.63, 3.8) is 0 Å². The summed E-state index contributed by atoms with van der Waals surface area (Å²) in [5, 5.41) is 5.63. The highest BCUT2D eigenvalue weighted by atomic mass is 32.1. The molecule has 0 aliphatic heterocycles. The van der Waals surface area contributed by atoms with Crippen LogP contribution in [0, 0.1) is 6.92 Å². The van der Waals surface area contributed by atoms with Crippen LogP contribution in [0.5, 0.6) is 0 Å². The lowest BCUT2D eigenvalue weighted by Crippen LogP contribution is -2.37. The molecule has 108 valence electrons. The number of aryl methyl sites for hydroxylation is 1. The smallest absolute Gasteiger partial charge is 0.0547 e. The molecular weight excluding hydrogens is 266 g/mol. The first-order valence-corrected chi connectivity index (χ1v) is 7.89. The van der Waals surface area contributed by atoms with Crippen LogP contribution < -0.4 is 5.32 Å². The van der Waals surface area contributed by atoms with Gasteiger partial charge in [0.2, 0.25) is 0 Å². The monoisotopic (exact) mass is 289 g/mol. The van der Waals surface area contributed by atoms with Gasteiger partial charge in [-0.3, -0.25) is 9.88 Å². The molecule has 0 spiro atoms.